The van der Waals surface area contributed by atoms with Gasteiger partial charge in [0.2, 0.25) is 5.91 Å². The summed E-state index contributed by atoms with van der Waals surface area (Å²) in [5.41, 5.74) is 8.61. The van der Waals surface area contributed by atoms with Crippen LogP contribution in [0.3, 0.4) is 0 Å². The smallest absolute Gasteiger partial charge is 0.255 e. The lowest BCUT2D eigenvalue weighted by Crippen LogP contribution is -2.32. The molecule has 0 saturated carbocycles. The van der Waals surface area contributed by atoms with E-state index in [1.807, 2.05) is 37.4 Å². The number of halogens is 3. The molecule has 0 radical (unpaired) electrons. The van der Waals surface area contributed by atoms with Gasteiger partial charge in [-0.25, -0.2) is 13.8 Å². The first-order valence-corrected chi connectivity index (χ1v) is 6.07. The molecule has 1 aromatic rings. The number of nitrogens with zero attached hydrogens (tertiary/aromatic N) is 1. The van der Waals surface area contributed by atoms with E-state index < -0.39 is 18.9 Å². The lowest BCUT2D eigenvalue weighted by molar-refractivity contribution is -0.120. The number of guanidine groups is 1. The van der Waals surface area contributed by atoms with Gasteiger partial charge in [0.1, 0.15) is 6.54 Å². The molecule has 0 aliphatic rings. The Kier molecular flexibility index (Phi) is 8.83. The molecule has 0 bridgehead atoms. The number of anilines is 1. The Balaban J connectivity index is 0.00000400. The van der Waals surface area contributed by atoms with Crippen LogP contribution in [0, 0.1) is 13.8 Å². The summed E-state index contributed by atoms with van der Waals surface area (Å²) in [6.07, 6.45) is -2.58. The fourth-order valence-electron chi connectivity index (χ4n) is 1.41. The molecule has 1 rings (SSSR count). The van der Waals surface area contributed by atoms with Crippen molar-refractivity contribution in [2.24, 2.45) is 10.7 Å². The first kappa shape index (κ1) is 19.6. The van der Waals surface area contributed by atoms with Crippen molar-refractivity contribution in [1.29, 1.82) is 0 Å². The Hall–Kier alpha value is -1.45. The normalized spacial score (nSPS) is 11.0. The number of carbonyl (C=O) groups excluding carboxylic acids is 1. The van der Waals surface area contributed by atoms with Crippen LogP contribution >= 0.6 is 24.0 Å². The zero-order valence-corrected chi connectivity index (χ0v) is 14.2. The maximum absolute atomic E-state index is 11.9. The summed E-state index contributed by atoms with van der Waals surface area (Å²) in [6, 6.07) is 5.66. The van der Waals surface area contributed by atoms with E-state index in [1.54, 1.807) is 0 Å². The highest BCUT2D eigenvalue weighted by Gasteiger charge is 2.05. The van der Waals surface area contributed by atoms with Gasteiger partial charge in [0.25, 0.3) is 6.43 Å². The topological polar surface area (TPSA) is 79.5 Å². The van der Waals surface area contributed by atoms with Gasteiger partial charge in [-0.3, -0.25) is 4.79 Å². The van der Waals surface area contributed by atoms with Gasteiger partial charge in [0.05, 0.1) is 6.54 Å². The molecule has 0 fully saturated rings. The van der Waals surface area contributed by atoms with E-state index in [9.17, 15) is 13.6 Å². The second-order valence-electron chi connectivity index (χ2n) is 4.32. The number of aliphatic imine (C=N–C) groups is 1. The van der Waals surface area contributed by atoms with Crippen LogP contribution in [0.5, 0.6) is 0 Å². The molecule has 118 valence electrons. The molecule has 1 aromatic carbocycles. The molecule has 0 atom stereocenters. The monoisotopic (exact) mass is 412 g/mol. The highest BCUT2D eigenvalue weighted by atomic mass is 127. The van der Waals surface area contributed by atoms with Gasteiger partial charge >= 0.3 is 0 Å². The van der Waals surface area contributed by atoms with Crippen LogP contribution in [0.1, 0.15) is 11.1 Å². The number of alkyl halides is 2. The highest BCUT2D eigenvalue weighted by Crippen LogP contribution is 2.13. The number of carbonyl (C=O) groups is 1. The number of rotatable bonds is 5. The summed E-state index contributed by atoms with van der Waals surface area (Å²) < 4.78 is 23.7. The molecule has 0 saturated heterocycles. The molecule has 0 aromatic heterocycles. The van der Waals surface area contributed by atoms with Crippen molar-refractivity contribution in [1.82, 2.24) is 5.32 Å². The van der Waals surface area contributed by atoms with Crippen molar-refractivity contribution in [3.05, 3.63) is 29.3 Å². The average molecular weight is 412 g/mol. The first-order chi connectivity index (χ1) is 9.38. The van der Waals surface area contributed by atoms with E-state index in [1.165, 1.54) is 0 Å². The van der Waals surface area contributed by atoms with E-state index in [0.29, 0.717) is 0 Å². The largest absolute Gasteiger partial charge is 0.370 e. The van der Waals surface area contributed by atoms with E-state index in [0.717, 1.165) is 16.8 Å². The number of amides is 1. The molecule has 0 heterocycles. The van der Waals surface area contributed by atoms with Gasteiger partial charge < -0.3 is 16.4 Å². The number of benzene rings is 1. The molecule has 0 unspecified atom stereocenters. The molecule has 0 aliphatic heterocycles. The number of hydrogen-bond donors (Lipinski definition) is 3. The van der Waals surface area contributed by atoms with E-state index in [-0.39, 0.29) is 36.5 Å². The first-order valence-electron chi connectivity index (χ1n) is 6.07. The zero-order valence-electron chi connectivity index (χ0n) is 11.8. The summed E-state index contributed by atoms with van der Waals surface area (Å²) >= 11 is 0. The quantitative estimate of drug-likeness (QED) is 0.394. The minimum atomic E-state index is -2.58. The van der Waals surface area contributed by atoms with Gasteiger partial charge in [-0.05, 0) is 37.1 Å². The van der Waals surface area contributed by atoms with Gasteiger partial charge in [-0.15, -0.1) is 24.0 Å². The van der Waals surface area contributed by atoms with Crippen molar-refractivity contribution >= 4 is 41.5 Å². The number of hydrogen-bond acceptors (Lipinski definition) is 2. The molecule has 4 N–H and O–H groups in total. The van der Waals surface area contributed by atoms with Gasteiger partial charge in [-0.2, -0.15) is 0 Å². The molecular formula is C13H19F2IN4O. The van der Waals surface area contributed by atoms with Crippen molar-refractivity contribution in [3.63, 3.8) is 0 Å². The maximum Gasteiger partial charge on any atom is 0.255 e. The van der Waals surface area contributed by atoms with Gasteiger partial charge in [-0.1, -0.05) is 6.07 Å². The molecule has 21 heavy (non-hydrogen) atoms. The van der Waals surface area contributed by atoms with E-state index >= 15 is 0 Å². The lowest BCUT2D eigenvalue weighted by atomic mass is 10.1. The maximum atomic E-state index is 11.9. The Morgan fingerprint density at radius 2 is 2.00 bits per heavy atom. The van der Waals surface area contributed by atoms with Gasteiger partial charge in [0, 0.05) is 5.69 Å². The lowest BCUT2D eigenvalue weighted by Gasteiger charge is -2.08. The Morgan fingerprint density at radius 1 is 1.33 bits per heavy atom. The second-order valence-corrected chi connectivity index (χ2v) is 4.32. The van der Waals surface area contributed by atoms with Crippen LogP contribution in [0.25, 0.3) is 0 Å². The second kappa shape index (κ2) is 9.48. The van der Waals surface area contributed by atoms with Crippen LogP contribution in [-0.2, 0) is 4.79 Å². The molecule has 5 nitrogen and oxygen atoms in total. The predicted octanol–water partition coefficient (Wildman–Crippen LogP) is 2.03. The zero-order chi connectivity index (χ0) is 15.1. The minimum Gasteiger partial charge on any atom is -0.370 e. The Morgan fingerprint density at radius 3 is 2.57 bits per heavy atom. The van der Waals surface area contributed by atoms with Crippen LogP contribution in [-0.4, -0.2) is 31.4 Å². The summed E-state index contributed by atoms with van der Waals surface area (Å²) in [5, 5.41) is 4.87. The van der Waals surface area contributed by atoms with Crippen LogP contribution in [0.2, 0.25) is 0 Å². The Labute approximate surface area is 139 Å². The van der Waals surface area contributed by atoms with Crippen molar-refractivity contribution in [2.75, 3.05) is 18.4 Å². The summed E-state index contributed by atoms with van der Waals surface area (Å²) in [6.45, 7) is 2.98. The number of nitrogens with one attached hydrogen (secondary N) is 2. The third kappa shape index (κ3) is 7.78. The van der Waals surface area contributed by atoms with Crippen LogP contribution < -0.4 is 16.4 Å². The third-order valence-corrected chi connectivity index (χ3v) is 2.63. The number of nitrogens with two attached hydrogens (primary N) is 1. The van der Waals surface area contributed by atoms with Gasteiger partial charge in [0.15, 0.2) is 5.96 Å². The standard InChI is InChI=1S/C13H18F2N4O.HI/c1-8-3-4-10(5-9(8)2)19-13(16)18-7-12(20)17-6-11(14)15;/h3-5,11H,6-7H2,1-2H3,(H,17,20)(H3,16,18,19);1H. The third-order valence-electron chi connectivity index (χ3n) is 2.63. The predicted molar refractivity (Wildman–Crippen MR) is 90.5 cm³/mol. The highest BCUT2D eigenvalue weighted by molar-refractivity contribution is 14.0. The van der Waals surface area contributed by atoms with E-state index in [4.69, 9.17) is 5.73 Å². The van der Waals surface area contributed by atoms with E-state index in [2.05, 4.69) is 10.3 Å². The summed E-state index contributed by atoms with van der Waals surface area (Å²) in [7, 11) is 0. The molecule has 1 amide bonds. The van der Waals surface area contributed by atoms with Crippen molar-refractivity contribution < 1.29 is 13.6 Å². The molecular weight excluding hydrogens is 393 g/mol. The fourth-order valence-corrected chi connectivity index (χ4v) is 1.41. The van der Waals surface area contributed by atoms with Crippen molar-refractivity contribution in [3.8, 4) is 0 Å². The van der Waals surface area contributed by atoms with Crippen LogP contribution in [0.15, 0.2) is 23.2 Å². The SMILES string of the molecule is Cc1ccc(NC(N)=NCC(=O)NCC(F)F)cc1C.I. The number of aryl methyl sites for hydroxylation is 2. The fraction of sp³-hybridized carbons (Fsp3) is 0.385. The Bertz CT molecular complexity index is 509. The average Bonchev–Trinajstić information content (AvgIpc) is 2.38. The minimum absolute atomic E-state index is 0. The molecule has 8 heteroatoms. The summed E-state index contributed by atoms with van der Waals surface area (Å²) in [5.74, 6) is -0.546. The molecule has 0 spiro atoms. The summed E-state index contributed by atoms with van der Waals surface area (Å²) in [4.78, 5) is 14.9. The van der Waals surface area contributed by atoms with Crippen molar-refractivity contribution in [2.45, 2.75) is 20.3 Å². The van der Waals surface area contributed by atoms with Crippen LogP contribution in [0.4, 0.5) is 14.5 Å². The molecule has 0 aliphatic carbocycles.